The van der Waals surface area contributed by atoms with Gasteiger partial charge in [-0.15, -0.1) is 0 Å². The first-order valence-electron chi connectivity index (χ1n) is 9.63. The largest absolute Gasteiger partial charge is 0.326 e. The third-order valence-corrected chi connectivity index (χ3v) is 5.11. The molecule has 3 aromatic heterocycles. The lowest BCUT2D eigenvalue weighted by molar-refractivity contribution is 0.327. The molecule has 3 rings (SSSR count). The van der Waals surface area contributed by atoms with E-state index < -0.39 is 5.54 Å². The maximum atomic E-state index is 6.93. The predicted octanol–water partition coefficient (Wildman–Crippen LogP) is 2.85. The average Bonchev–Trinajstić information content (AvgIpc) is 2.67. The first kappa shape index (κ1) is 20.1. The summed E-state index contributed by atoms with van der Waals surface area (Å²) in [6.07, 6.45) is 7.36. The van der Waals surface area contributed by atoms with Crippen LogP contribution in [0.15, 0.2) is 55.0 Å². The summed E-state index contributed by atoms with van der Waals surface area (Å²) in [5.74, 6) is 0. The summed E-state index contributed by atoms with van der Waals surface area (Å²) in [5.41, 5.74) is 19.1. The Kier molecular flexibility index (Phi) is 6.17. The smallest absolute Gasteiger partial charge is 0.0423 e. The molecule has 28 heavy (non-hydrogen) atoms. The molecular formula is C23H29N5. The zero-order chi connectivity index (χ0) is 20.1. The van der Waals surface area contributed by atoms with Crippen molar-refractivity contribution in [2.24, 2.45) is 11.5 Å². The second kappa shape index (κ2) is 8.59. The molecule has 5 nitrogen and oxygen atoms in total. The highest BCUT2D eigenvalue weighted by atomic mass is 14.9. The maximum Gasteiger partial charge on any atom is 0.0423 e. The molecule has 5 heteroatoms. The first-order chi connectivity index (χ1) is 13.3. The van der Waals surface area contributed by atoms with Crippen molar-refractivity contribution >= 4 is 0 Å². The molecule has 0 amide bonds. The van der Waals surface area contributed by atoms with Gasteiger partial charge in [-0.25, -0.2) is 0 Å². The van der Waals surface area contributed by atoms with Gasteiger partial charge in [0.2, 0.25) is 0 Å². The number of pyridine rings is 3. The Morgan fingerprint density at radius 3 is 1.46 bits per heavy atom. The van der Waals surface area contributed by atoms with Crippen molar-refractivity contribution < 1.29 is 0 Å². The number of aromatic nitrogens is 3. The lowest BCUT2D eigenvalue weighted by atomic mass is 9.80. The van der Waals surface area contributed by atoms with Crippen LogP contribution in [0.2, 0.25) is 0 Å². The van der Waals surface area contributed by atoms with Crippen molar-refractivity contribution in [3.05, 3.63) is 88.8 Å². The Balaban J connectivity index is 1.86. The monoisotopic (exact) mass is 375 g/mol. The van der Waals surface area contributed by atoms with E-state index in [2.05, 4.69) is 33.2 Å². The molecule has 0 saturated heterocycles. The maximum absolute atomic E-state index is 6.93. The molecule has 0 aliphatic heterocycles. The molecule has 0 bridgehead atoms. The van der Waals surface area contributed by atoms with E-state index in [4.69, 9.17) is 11.5 Å². The highest BCUT2D eigenvalue weighted by Crippen LogP contribution is 2.21. The van der Waals surface area contributed by atoms with E-state index in [0.29, 0.717) is 19.3 Å². The molecule has 0 aliphatic carbocycles. The SMILES string of the molecule is Cc1ccc(CC(N)C(N)(Cc2ccc(C)cn2)Cc2ccc(C)cn2)nc1. The summed E-state index contributed by atoms with van der Waals surface area (Å²) in [5, 5.41) is 0. The molecule has 4 N–H and O–H groups in total. The Morgan fingerprint density at radius 1 is 0.714 bits per heavy atom. The number of hydrogen-bond acceptors (Lipinski definition) is 5. The topological polar surface area (TPSA) is 90.7 Å². The van der Waals surface area contributed by atoms with Crippen LogP contribution in [-0.2, 0) is 19.3 Å². The Morgan fingerprint density at radius 2 is 1.11 bits per heavy atom. The van der Waals surface area contributed by atoms with Gasteiger partial charge in [0, 0.05) is 66.5 Å². The number of rotatable bonds is 7. The first-order valence-corrected chi connectivity index (χ1v) is 9.63. The third-order valence-electron chi connectivity index (χ3n) is 5.11. The van der Waals surface area contributed by atoms with Crippen molar-refractivity contribution in [1.82, 2.24) is 15.0 Å². The van der Waals surface area contributed by atoms with Crippen molar-refractivity contribution in [2.45, 2.75) is 51.6 Å². The molecule has 3 heterocycles. The van der Waals surface area contributed by atoms with Crippen LogP contribution in [0.4, 0.5) is 0 Å². The van der Waals surface area contributed by atoms with Crippen LogP contribution in [-0.4, -0.2) is 26.5 Å². The molecule has 146 valence electrons. The normalized spacial score (nSPS) is 12.8. The lowest BCUT2D eigenvalue weighted by Gasteiger charge is -2.35. The van der Waals surface area contributed by atoms with Gasteiger partial charge in [-0.1, -0.05) is 18.2 Å². The lowest BCUT2D eigenvalue weighted by Crippen LogP contribution is -2.59. The fourth-order valence-corrected chi connectivity index (χ4v) is 3.25. The standard InChI is InChI=1S/C23H29N5/c1-16-4-7-19(26-13-16)10-22(24)23(25,11-20-8-5-17(2)14-27-20)12-21-9-6-18(3)15-28-21/h4-9,13-15,22H,10-12,24-25H2,1-3H3. The summed E-state index contributed by atoms with van der Waals surface area (Å²) < 4.78 is 0. The molecule has 0 aromatic carbocycles. The molecule has 1 atom stereocenters. The number of nitrogens with zero attached hydrogens (tertiary/aromatic N) is 3. The zero-order valence-corrected chi connectivity index (χ0v) is 16.9. The fraction of sp³-hybridized carbons (Fsp3) is 0.348. The molecule has 0 spiro atoms. The van der Waals surface area contributed by atoms with Crippen LogP contribution < -0.4 is 11.5 Å². The molecule has 1 unspecified atom stereocenters. The minimum atomic E-state index is -0.683. The second-order valence-electron chi connectivity index (χ2n) is 7.88. The van der Waals surface area contributed by atoms with E-state index in [0.717, 1.165) is 33.8 Å². The Bertz CT molecular complexity index is 838. The van der Waals surface area contributed by atoms with Gasteiger partial charge in [-0.3, -0.25) is 15.0 Å². The number of aryl methyl sites for hydroxylation is 3. The van der Waals surface area contributed by atoms with E-state index in [9.17, 15) is 0 Å². The second-order valence-corrected chi connectivity index (χ2v) is 7.88. The van der Waals surface area contributed by atoms with Gasteiger partial charge in [-0.05, 0) is 55.7 Å². The minimum Gasteiger partial charge on any atom is -0.326 e. The predicted molar refractivity (Wildman–Crippen MR) is 113 cm³/mol. The fourth-order valence-electron chi connectivity index (χ4n) is 3.25. The van der Waals surface area contributed by atoms with Gasteiger partial charge >= 0.3 is 0 Å². The quantitative estimate of drug-likeness (QED) is 0.663. The summed E-state index contributed by atoms with van der Waals surface area (Å²) in [6.45, 7) is 6.07. The molecule has 0 radical (unpaired) electrons. The van der Waals surface area contributed by atoms with Gasteiger partial charge in [0.1, 0.15) is 0 Å². The van der Waals surface area contributed by atoms with Crippen LogP contribution in [0.1, 0.15) is 33.8 Å². The molecule has 0 saturated carbocycles. The van der Waals surface area contributed by atoms with E-state index in [1.807, 2.05) is 57.6 Å². The minimum absolute atomic E-state index is 0.283. The summed E-state index contributed by atoms with van der Waals surface area (Å²) >= 11 is 0. The van der Waals surface area contributed by atoms with Crippen LogP contribution in [0.25, 0.3) is 0 Å². The van der Waals surface area contributed by atoms with E-state index in [-0.39, 0.29) is 6.04 Å². The molecule has 0 fully saturated rings. The number of hydrogen-bond donors (Lipinski definition) is 2. The summed E-state index contributed by atoms with van der Waals surface area (Å²) in [7, 11) is 0. The van der Waals surface area contributed by atoms with Crippen LogP contribution in [0.3, 0.4) is 0 Å². The number of nitrogens with two attached hydrogens (primary N) is 2. The van der Waals surface area contributed by atoms with Crippen molar-refractivity contribution in [2.75, 3.05) is 0 Å². The molecule has 0 aliphatic rings. The van der Waals surface area contributed by atoms with Crippen molar-refractivity contribution in [3.8, 4) is 0 Å². The third kappa shape index (κ3) is 5.21. The van der Waals surface area contributed by atoms with Crippen LogP contribution in [0.5, 0.6) is 0 Å². The van der Waals surface area contributed by atoms with Gasteiger partial charge < -0.3 is 11.5 Å². The van der Waals surface area contributed by atoms with E-state index in [1.54, 1.807) is 0 Å². The highest BCUT2D eigenvalue weighted by Gasteiger charge is 2.34. The van der Waals surface area contributed by atoms with Gasteiger partial charge in [0.05, 0.1) is 0 Å². The molecule has 3 aromatic rings. The highest BCUT2D eigenvalue weighted by molar-refractivity contribution is 5.22. The summed E-state index contributed by atoms with van der Waals surface area (Å²) in [4.78, 5) is 13.6. The van der Waals surface area contributed by atoms with Gasteiger partial charge in [0.25, 0.3) is 0 Å². The van der Waals surface area contributed by atoms with Gasteiger partial charge in [0.15, 0.2) is 0 Å². The Labute approximate surface area is 167 Å². The summed E-state index contributed by atoms with van der Waals surface area (Å²) in [6, 6.07) is 11.9. The van der Waals surface area contributed by atoms with Crippen molar-refractivity contribution in [3.63, 3.8) is 0 Å². The molecular weight excluding hydrogens is 346 g/mol. The van der Waals surface area contributed by atoms with Crippen LogP contribution >= 0.6 is 0 Å². The van der Waals surface area contributed by atoms with Crippen LogP contribution in [0, 0.1) is 20.8 Å². The van der Waals surface area contributed by atoms with Crippen molar-refractivity contribution in [1.29, 1.82) is 0 Å². The van der Waals surface area contributed by atoms with Gasteiger partial charge in [-0.2, -0.15) is 0 Å². The van der Waals surface area contributed by atoms with E-state index >= 15 is 0 Å². The average molecular weight is 376 g/mol. The zero-order valence-electron chi connectivity index (χ0n) is 16.9. The van der Waals surface area contributed by atoms with E-state index in [1.165, 1.54) is 0 Å². The Hall–Kier alpha value is -2.63.